The molecule has 3 aromatic heterocycles. The average molecular weight is 726 g/mol. The molecule has 0 aliphatic rings. The summed E-state index contributed by atoms with van der Waals surface area (Å²) >= 11 is 0. The lowest BCUT2D eigenvalue weighted by atomic mass is 10.0. The molecule has 0 aliphatic carbocycles. The predicted molar refractivity (Wildman–Crippen MR) is 230 cm³/mol. The van der Waals surface area contributed by atoms with Gasteiger partial charge in [-0.3, -0.25) is 4.57 Å². The number of hydrogen-bond donors (Lipinski definition) is 0. The van der Waals surface area contributed by atoms with Gasteiger partial charge in [-0.1, -0.05) is 170 Å². The number of para-hydroxylation sites is 2. The summed E-state index contributed by atoms with van der Waals surface area (Å²) < 4.78 is 95.4. The molecule has 0 spiro atoms. The first-order valence-electron chi connectivity index (χ1n) is 23.1. The highest BCUT2D eigenvalue weighted by atomic mass is 15.2. The topological polar surface area (TPSA) is 48.5 Å². The Morgan fingerprint density at radius 2 is 0.821 bits per heavy atom. The summed E-state index contributed by atoms with van der Waals surface area (Å²) in [6, 6.07) is 39.2. The Balaban J connectivity index is 1.31. The van der Waals surface area contributed by atoms with Crippen molar-refractivity contribution in [2.45, 2.75) is 0 Å². The van der Waals surface area contributed by atoms with Crippen molar-refractivity contribution < 1.29 is 13.7 Å². The van der Waals surface area contributed by atoms with Gasteiger partial charge in [0.1, 0.15) is 0 Å². The smallest absolute Gasteiger partial charge is 0.238 e. The molecule has 0 radical (unpaired) electrons. The fraction of sp³-hybridized carbons (Fsp3) is 0. The van der Waals surface area contributed by atoms with Crippen molar-refractivity contribution in [3.05, 3.63) is 200 Å². The third kappa shape index (κ3) is 5.21. The van der Waals surface area contributed by atoms with Gasteiger partial charge in [0.05, 0.1) is 35.8 Å². The summed E-state index contributed by atoms with van der Waals surface area (Å²) in [6.07, 6.45) is 0. The Bertz CT molecular complexity index is 3780. The van der Waals surface area contributed by atoms with Crippen LogP contribution in [0.25, 0.3) is 100 Å². The number of nitrogens with zero attached hydrogens (tertiary/aromatic N) is 5. The highest BCUT2D eigenvalue weighted by Crippen LogP contribution is 2.42. The molecule has 8 aromatic carbocycles. The molecule has 0 saturated heterocycles. The summed E-state index contributed by atoms with van der Waals surface area (Å²) in [6.45, 7) is 0. The average Bonchev–Trinajstić information content (AvgIpc) is 3.91. The molecule has 3 heterocycles. The normalized spacial score (nSPS) is 14.1. The summed E-state index contributed by atoms with van der Waals surface area (Å²) in [7, 11) is 0. The molecular formula is C51H33N5. The standard InChI is InChI=1S/C51H33N5/c1-4-14-34(15-5-1)36-24-26-39(27-25-36)50-52-49(38-18-8-3-9-19-38)53-51(54-50)56-45-23-13-11-21-43(45)47-46(56)33-32-42-41-20-10-12-22-44(41)55(48(42)47)40-30-28-37(29-31-40)35-16-6-2-7-17-35/h1-33H/i10D,11D,12D,13D,20D,21D,22D,23D,32D,33D. The molecule has 0 atom stereocenters. The van der Waals surface area contributed by atoms with Crippen LogP contribution in [-0.4, -0.2) is 24.1 Å². The molecule has 0 unspecified atom stereocenters. The van der Waals surface area contributed by atoms with Crippen LogP contribution in [0.3, 0.4) is 0 Å². The molecule has 0 amide bonds. The molecule has 5 nitrogen and oxygen atoms in total. The van der Waals surface area contributed by atoms with E-state index in [1.165, 1.54) is 4.57 Å². The molecular weight excluding hydrogens is 683 g/mol. The fourth-order valence-corrected chi connectivity index (χ4v) is 7.47. The van der Waals surface area contributed by atoms with Crippen LogP contribution in [-0.2, 0) is 0 Å². The van der Waals surface area contributed by atoms with Crippen LogP contribution < -0.4 is 0 Å². The lowest BCUT2D eigenvalue weighted by Crippen LogP contribution is -2.06. The Kier molecular flexibility index (Phi) is 5.41. The van der Waals surface area contributed by atoms with Crippen LogP contribution in [0.15, 0.2) is 200 Å². The maximum atomic E-state index is 9.82. The van der Waals surface area contributed by atoms with E-state index in [-0.39, 0.29) is 73.3 Å². The molecule has 0 aliphatic heterocycles. The maximum absolute atomic E-state index is 9.82. The predicted octanol–water partition coefficient (Wildman–Crippen LogP) is 12.7. The van der Waals surface area contributed by atoms with Gasteiger partial charge in [0.25, 0.3) is 0 Å². The fourth-order valence-electron chi connectivity index (χ4n) is 7.47. The number of rotatable bonds is 6. The van der Waals surface area contributed by atoms with Crippen molar-refractivity contribution in [3.63, 3.8) is 0 Å². The molecule has 262 valence electrons. The van der Waals surface area contributed by atoms with Crippen molar-refractivity contribution in [1.29, 1.82) is 0 Å². The number of benzene rings is 8. The SMILES string of the molecule is [2H]c1c([2H])c([2H])c2c(c1[2H])c1c(c([2H])c([2H])c3c4c([2H])c([2H])c([2H])c([2H])c4n(-c4ccc(-c5ccccc5)cc4)c31)n2-c1nc(-c2ccccc2)nc(-c2ccc(-c3ccccc3)cc2)n1. The van der Waals surface area contributed by atoms with Gasteiger partial charge in [0, 0.05) is 38.4 Å². The second-order valence-electron chi connectivity index (χ2n) is 13.3. The number of fused-ring (bicyclic) bond motifs is 7. The van der Waals surface area contributed by atoms with Gasteiger partial charge < -0.3 is 4.57 Å². The van der Waals surface area contributed by atoms with E-state index >= 15 is 0 Å². The van der Waals surface area contributed by atoms with Crippen molar-refractivity contribution in [2.24, 2.45) is 0 Å². The molecule has 5 heteroatoms. The minimum absolute atomic E-state index is 0.00182. The third-order valence-corrected chi connectivity index (χ3v) is 10.1. The van der Waals surface area contributed by atoms with Crippen molar-refractivity contribution in [1.82, 2.24) is 24.1 Å². The van der Waals surface area contributed by atoms with E-state index in [9.17, 15) is 8.22 Å². The van der Waals surface area contributed by atoms with Crippen molar-refractivity contribution >= 4 is 43.6 Å². The van der Waals surface area contributed by atoms with Crippen molar-refractivity contribution in [3.8, 4) is 56.7 Å². The van der Waals surface area contributed by atoms with Crippen LogP contribution in [0.5, 0.6) is 0 Å². The lowest BCUT2D eigenvalue weighted by molar-refractivity contribution is 0.953. The minimum Gasteiger partial charge on any atom is -0.309 e. The van der Waals surface area contributed by atoms with E-state index in [0.717, 1.165) is 22.3 Å². The molecule has 11 rings (SSSR count). The van der Waals surface area contributed by atoms with Gasteiger partial charge in [-0.05, 0) is 52.5 Å². The first kappa shape index (κ1) is 23.2. The minimum atomic E-state index is -0.545. The lowest BCUT2D eigenvalue weighted by Gasteiger charge is -2.12. The van der Waals surface area contributed by atoms with E-state index in [2.05, 4.69) is 0 Å². The van der Waals surface area contributed by atoms with Gasteiger partial charge in [-0.15, -0.1) is 0 Å². The van der Waals surface area contributed by atoms with E-state index in [1.807, 2.05) is 127 Å². The van der Waals surface area contributed by atoms with Gasteiger partial charge in [0.2, 0.25) is 5.95 Å². The first-order chi connectivity index (χ1) is 31.9. The van der Waals surface area contributed by atoms with E-state index < -0.39 is 48.3 Å². The Morgan fingerprint density at radius 3 is 1.43 bits per heavy atom. The quantitative estimate of drug-likeness (QED) is 0.171. The van der Waals surface area contributed by atoms with Gasteiger partial charge in [-0.25, -0.2) is 4.98 Å². The van der Waals surface area contributed by atoms with Crippen LogP contribution in [0.2, 0.25) is 0 Å². The summed E-state index contributed by atoms with van der Waals surface area (Å²) in [4.78, 5) is 14.8. The Morgan fingerprint density at radius 1 is 0.357 bits per heavy atom. The highest BCUT2D eigenvalue weighted by Gasteiger charge is 2.23. The van der Waals surface area contributed by atoms with Gasteiger partial charge >= 0.3 is 0 Å². The monoisotopic (exact) mass is 725 g/mol. The number of hydrogen-bond acceptors (Lipinski definition) is 3. The zero-order chi connectivity index (χ0) is 45.7. The number of aromatic nitrogens is 5. The third-order valence-electron chi connectivity index (χ3n) is 10.1. The zero-order valence-electron chi connectivity index (χ0n) is 39.5. The molecule has 0 N–H and O–H groups in total. The van der Waals surface area contributed by atoms with Gasteiger partial charge in [-0.2, -0.15) is 9.97 Å². The Labute approximate surface area is 337 Å². The van der Waals surface area contributed by atoms with E-state index in [1.54, 1.807) is 16.7 Å². The Hall–Kier alpha value is -7.63. The molecule has 0 bridgehead atoms. The summed E-state index contributed by atoms with van der Waals surface area (Å²) in [5.74, 6) is 0.403. The molecule has 56 heavy (non-hydrogen) atoms. The van der Waals surface area contributed by atoms with Crippen LogP contribution >= 0.6 is 0 Å². The van der Waals surface area contributed by atoms with Crippen LogP contribution in [0.4, 0.5) is 0 Å². The molecule has 0 fully saturated rings. The maximum Gasteiger partial charge on any atom is 0.238 e. The highest BCUT2D eigenvalue weighted by molar-refractivity contribution is 6.26. The molecule has 11 aromatic rings. The summed E-state index contributed by atoms with van der Waals surface area (Å²) in [5, 5.41) is 0.125. The largest absolute Gasteiger partial charge is 0.309 e. The van der Waals surface area contributed by atoms with Gasteiger partial charge in [0.15, 0.2) is 11.6 Å². The second-order valence-corrected chi connectivity index (χ2v) is 13.3. The first-order valence-corrected chi connectivity index (χ1v) is 18.1. The van der Waals surface area contributed by atoms with Crippen LogP contribution in [0, 0.1) is 0 Å². The van der Waals surface area contributed by atoms with Crippen LogP contribution in [0.1, 0.15) is 13.7 Å². The molecule has 0 saturated carbocycles. The zero-order valence-corrected chi connectivity index (χ0v) is 29.5. The van der Waals surface area contributed by atoms with E-state index in [4.69, 9.17) is 20.4 Å². The summed E-state index contributed by atoms with van der Waals surface area (Å²) in [5.41, 5.74) is 5.61. The van der Waals surface area contributed by atoms with Crippen molar-refractivity contribution in [2.75, 3.05) is 0 Å². The second kappa shape index (κ2) is 13.0. The van der Waals surface area contributed by atoms with E-state index in [0.29, 0.717) is 16.8 Å².